The molecule has 0 bridgehead atoms. The van der Waals surface area contributed by atoms with E-state index in [1.807, 2.05) is 0 Å². The van der Waals surface area contributed by atoms with Crippen LogP contribution in [-0.4, -0.2) is 4.43 Å². The molecule has 4 atom stereocenters. The highest BCUT2D eigenvalue weighted by Crippen LogP contribution is 2.46. The molecular weight excluding hydrogens is 283 g/mol. The quantitative estimate of drug-likeness (QED) is 0.402. The average molecular weight is 306 g/mol. The van der Waals surface area contributed by atoms with Crippen molar-refractivity contribution in [2.45, 2.75) is 40.5 Å². The molecule has 0 heterocycles. The Balaban J connectivity index is 2.45. The van der Waals surface area contributed by atoms with Crippen LogP contribution in [0.2, 0.25) is 0 Å². The van der Waals surface area contributed by atoms with Crippen molar-refractivity contribution in [3.63, 3.8) is 0 Å². The van der Waals surface area contributed by atoms with Crippen LogP contribution >= 0.6 is 22.6 Å². The summed E-state index contributed by atoms with van der Waals surface area (Å²) in [6.07, 6.45) is 5.12. The summed E-state index contributed by atoms with van der Waals surface area (Å²) < 4.78 is 1.25. The van der Waals surface area contributed by atoms with Gasteiger partial charge in [0.2, 0.25) is 0 Å². The van der Waals surface area contributed by atoms with Crippen LogP contribution < -0.4 is 0 Å². The summed E-state index contributed by atoms with van der Waals surface area (Å²) in [6, 6.07) is 0. The maximum atomic E-state index is 2.45. The van der Waals surface area contributed by atoms with E-state index in [0.717, 1.165) is 23.7 Å². The third-order valence-corrected chi connectivity index (χ3v) is 4.78. The predicted octanol–water partition coefficient (Wildman–Crippen LogP) is 4.69. The molecule has 0 amide bonds. The van der Waals surface area contributed by atoms with Crippen molar-refractivity contribution < 1.29 is 0 Å². The van der Waals surface area contributed by atoms with Crippen LogP contribution in [0, 0.1) is 23.7 Å². The Morgan fingerprint density at radius 1 is 1.50 bits per heavy atom. The van der Waals surface area contributed by atoms with Gasteiger partial charge in [0.1, 0.15) is 0 Å². The summed E-state index contributed by atoms with van der Waals surface area (Å²) >= 11 is 2.45. The first-order valence-electron chi connectivity index (χ1n) is 5.80. The highest BCUT2D eigenvalue weighted by Gasteiger charge is 2.37. The van der Waals surface area contributed by atoms with Crippen LogP contribution in [0.3, 0.4) is 0 Å². The third kappa shape index (κ3) is 2.74. The van der Waals surface area contributed by atoms with E-state index in [1.54, 1.807) is 5.57 Å². The van der Waals surface area contributed by atoms with Crippen molar-refractivity contribution in [1.82, 2.24) is 0 Å². The Morgan fingerprint density at radius 2 is 2.14 bits per heavy atom. The Kier molecular flexibility index (Phi) is 4.95. The van der Waals surface area contributed by atoms with Crippen LogP contribution in [-0.2, 0) is 0 Å². The number of hydrogen-bond donors (Lipinski definition) is 0. The Morgan fingerprint density at radius 3 is 2.57 bits per heavy atom. The number of alkyl halides is 1. The predicted molar refractivity (Wildman–Crippen MR) is 72.9 cm³/mol. The van der Waals surface area contributed by atoms with E-state index < -0.39 is 0 Å². The lowest BCUT2D eigenvalue weighted by atomic mass is 9.60. The van der Waals surface area contributed by atoms with E-state index in [4.69, 9.17) is 0 Å². The lowest BCUT2D eigenvalue weighted by molar-refractivity contribution is 0.0683. The number of hydrogen-bond acceptors (Lipinski definition) is 0. The molecule has 0 nitrogen and oxygen atoms in total. The van der Waals surface area contributed by atoms with Crippen LogP contribution in [0.15, 0.2) is 11.6 Å². The SMILES string of the molecule is C/C(=C\CCI)[C@@H](C)[C@H]1C[C@H](C)[C@@H]1C. The average Bonchev–Trinajstić information content (AvgIpc) is 2.20. The zero-order valence-corrected chi connectivity index (χ0v) is 12.0. The first-order valence-corrected chi connectivity index (χ1v) is 7.33. The van der Waals surface area contributed by atoms with E-state index in [9.17, 15) is 0 Å². The van der Waals surface area contributed by atoms with E-state index in [-0.39, 0.29) is 0 Å². The zero-order chi connectivity index (χ0) is 10.7. The van der Waals surface area contributed by atoms with Crippen molar-refractivity contribution in [3.8, 4) is 0 Å². The van der Waals surface area contributed by atoms with Crippen molar-refractivity contribution in [2.75, 3.05) is 4.43 Å². The number of allylic oxidation sites excluding steroid dienone is 2. The fraction of sp³-hybridized carbons (Fsp3) is 0.846. The molecule has 0 aromatic carbocycles. The molecule has 1 fully saturated rings. The van der Waals surface area contributed by atoms with Gasteiger partial charge in [-0.1, -0.05) is 55.0 Å². The summed E-state index contributed by atoms with van der Waals surface area (Å²) in [5.41, 5.74) is 1.62. The van der Waals surface area contributed by atoms with Crippen molar-refractivity contribution in [1.29, 1.82) is 0 Å². The highest BCUT2D eigenvalue weighted by atomic mass is 127. The topological polar surface area (TPSA) is 0 Å². The van der Waals surface area contributed by atoms with Gasteiger partial charge in [-0.25, -0.2) is 0 Å². The summed E-state index contributed by atoms with van der Waals surface area (Å²) in [5.74, 6) is 3.66. The van der Waals surface area contributed by atoms with Gasteiger partial charge in [0, 0.05) is 4.43 Å². The van der Waals surface area contributed by atoms with Crippen LogP contribution in [0.4, 0.5) is 0 Å². The molecule has 1 heteroatoms. The Hall–Kier alpha value is 0.470. The normalized spacial score (nSPS) is 35.2. The fourth-order valence-corrected chi connectivity index (χ4v) is 2.86. The molecule has 0 aliphatic heterocycles. The van der Waals surface area contributed by atoms with Crippen molar-refractivity contribution in [2.24, 2.45) is 23.7 Å². The van der Waals surface area contributed by atoms with Crippen LogP contribution in [0.5, 0.6) is 0 Å². The molecule has 0 radical (unpaired) electrons. The van der Waals surface area contributed by atoms with Crippen LogP contribution in [0.1, 0.15) is 40.5 Å². The van der Waals surface area contributed by atoms with Crippen molar-refractivity contribution >= 4 is 22.6 Å². The Labute approximate surface area is 103 Å². The molecule has 0 saturated heterocycles. The molecule has 1 aliphatic carbocycles. The minimum atomic E-state index is 0.809. The molecule has 0 unspecified atom stereocenters. The van der Waals surface area contributed by atoms with Gasteiger partial charge in [0.25, 0.3) is 0 Å². The number of halogens is 1. The molecule has 0 aromatic rings. The lowest BCUT2D eigenvalue weighted by Crippen LogP contribution is -2.37. The van der Waals surface area contributed by atoms with Gasteiger partial charge >= 0.3 is 0 Å². The first-order chi connectivity index (χ1) is 6.57. The summed E-state index contributed by atoms with van der Waals surface area (Å²) in [4.78, 5) is 0. The van der Waals surface area contributed by atoms with E-state index >= 15 is 0 Å². The lowest BCUT2D eigenvalue weighted by Gasteiger charge is -2.45. The maximum absolute atomic E-state index is 2.45. The monoisotopic (exact) mass is 306 g/mol. The molecule has 0 aromatic heterocycles. The van der Waals surface area contributed by atoms with Gasteiger partial charge < -0.3 is 0 Å². The second-order valence-corrected chi connectivity index (χ2v) is 6.03. The molecule has 1 rings (SSSR count). The largest absolute Gasteiger partial charge is 0.0860 e. The molecule has 82 valence electrons. The maximum Gasteiger partial charge on any atom is 0.00300 e. The molecular formula is C13H23I. The van der Waals surface area contributed by atoms with Crippen LogP contribution in [0.25, 0.3) is 0 Å². The molecule has 14 heavy (non-hydrogen) atoms. The molecule has 0 N–H and O–H groups in total. The molecule has 1 aliphatic rings. The minimum Gasteiger partial charge on any atom is -0.0860 e. The van der Waals surface area contributed by atoms with Gasteiger partial charge in [0.05, 0.1) is 0 Å². The standard InChI is InChI=1S/C13H23I/c1-9(6-5-7-14)11(3)13-8-10(2)12(13)4/h6,10-13H,5,7-8H2,1-4H3/b9-6+/t10-,11+,12-,13+/m0/s1. The molecule has 0 spiro atoms. The summed E-state index contributed by atoms with van der Waals surface area (Å²) in [7, 11) is 0. The Bertz CT molecular complexity index is 207. The molecule has 1 saturated carbocycles. The first kappa shape index (κ1) is 12.5. The van der Waals surface area contributed by atoms with Crippen molar-refractivity contribution in [3.05, 3.63) is 11.6 Å². The third-order valence-electron chi connectivity index (χ3n) is 4.15. The van der Waals surface area contributed by atoms with Gasteiger partial charge in [-0.05, 0) is 43.4 Å². The summed E-state index contributed by atoms with van der Waals surface area (Å²) in [5, 5.41) is 0. The second-order valence-electron chi connectivity index (χ2n) is 4.95. The smallest absolute Gasteiger partial charge is 0.00300 e. The van der Waals surface area contributed by atoms with E-state index in [1.165, 1.54) is 17.3 Å². The van der Waals surface area contributed by atoms with Gasteiger partial charge in [0.15, 0.2) is 0 Å². The second kappa shape index (κ2) is 5.53. The van der Waals surface area contributed by atoms with E-state index in [0.29, 0.717) is 0 Å². The zero-order valence-electron chi connectivity index (χ0n) is 9.89. The van der Waals surface area contributed by atoms with Gasteiger partial charge in [-0.15, -0.1) is 0 Å². The minimum absolute atomic E-state index is 0.809. The summed E-state index contributed by atoms with van der Waals surface area (Å²) in [6.45, 7) is 9.53. The fourth-order valence-electron chi connectivity index (χ4n) is 2.55. The number of rotatable bonds is 4. The highest BCUT2D eigenvalue weighted by molar-refractivity contribution is 14.1. The van der Waals surface area contributed by atoms with Gasteiger partial charge in [-0.2, -0.15) is 0 Å². The van der Waals surface area contributed by atoms with E-state index in [2.05, 4.69) is 56.4 Å². The van der Waals surface area contributed by atoms with Gasteiger partial charge in [-0.3, -0.25) is 0 Å².